The molecule has 0 aliphatic heterocycles. The van der Waals surface area contributed by atoms with Crippen LogP contribution >= 0.6 is 0 Å². The first kappa shape index (κ1) is 15.2. The van der Waals surface area contributed by atoms with E-state index in [1.807, 2.05) is 0 Å². The molecule has 7 nitrogen and oxygen atoms in total. The summed E-state index contributed by atoms with van der Waals surface area (Å²) in [6.45, 7) is -3.26. The molecule has 0 aliphatic rings. The molecule has 1 aromatic carbocycles. The number of carbonyl (C=O) groups is 2. The van der Waals surface area contributed by atoms with Gasteiger partial charge in [0, 0.05) is 6.08 Å². The van der Waals surface area contributed by atoms with E-state index in [4.69, 9.17) is 5.11 Å². The van der Waals surface area contributed by atoms with E-state index in [2.05, 4.69) is 4.74 Å². The minimum Gasteiger partial charge on any atom is -0.478 e. The van der Waals surface area contributed by atoms with Gasteiger partial charge in [-0.1, -0.05) is 0 Å². The molecular weight excluding hydrogens is 280 g/mol. The predicted octanol–water partition coefficient (Wildman–Crippen LogP) is 2.11. The van der Waals surface area contributed by atoms with Crippen LogP contribution in [-0.4, -0.2) is 28.9 Å². The summed E-state index contributed by atoms with van der Waals surface area (Å²) < 4.78 is 28.2. The van der Waals surface area contributed by atoms with Crippen molar-refractivity contribution in [3.8, 4) is 5.75 Å². The molecule has 0 saturated carbocycles. The number of alkyl halides is 2. The second kappa shape index (κ2) is 6.36. The number of carbonyl (C=O) groups excluding carboxylic acids is 1. The van der Waals surface area contributed by atoms with Gasteiger partial charge in [-0.3, -0.25) is 14.9 Å². The van der Waals surface area contributed by atoms with Gasteiger partial charge in [0.2, 0.25) is 0 Å². The van der Waals surface area contributed by atoms with Gasteiger partial charge < -0.3 is 9.84 Å². The van der Waals surface area contributed by atoms with Crippen molar-refractivity contribution in [2.75, 3.05) is 0 Å². The lowest BCUT2D eigenvalue weighted by Gasteiger charge is -2.08. The quantitative estimate of drug-likeness (QED) is 0.371. The third kappa shape index (κ3) is 3.83. The highest BCUT2D eigenvalue weighted by molar-refractivity contribution is 5.88. The Morgan fingerprint density at radius 1 is 1.40 bits per heavy atom. The summed E-state index contributed by atoms with van der Waals surface area (Å²) in [5.41, 5.74) is -1.24. The fraction of sp³-hybridized carbons (Fsp3) is 0.0909. The standard InChI is InChI=1S/C11H7F2NO6/c12-11(13)20-9-4-8(14(18)19)6(1-2-10(16)17)3-7(9)5-15/h1-5,11H,(H,16,17)/b2-1+. The molecule has 0 heterocycles. The van der Waals surface area contributed by atoms with Gasteiger partial charge >= 0.3 is 12.6 Å². The molecule has 0 bridgehead atoms. The summed E-state index contributed by atoms with van der Waals surface area (Å²) in [6, 6.07) is 1.53. The van der Waals surface area contributed by atoms with Gasteiger partial charge in [-0.05, 0) is 12.1 Å². The summed E-state index contributed by atoms with van der Waals surface area (Å²) >= 11 is 0. The lowest BCUT2D eigenvalue weighted by molar-refractivity contribution is -0.385. The number of carboxylic acids is 1. The van der Waals surface area contributed by atoms with Crippen molar-refractivity contribution < 1.29 is 33.1 Å². The first-order valence-corrected chi connectivity index (χ1v) is 4.98. The summed E-state index contributed by atoms with van der Waals surface area (Å²) in [5.74, 6) is -2.02. The molecule has 0 saturated heterocycles. The van der Waals surface area contributed by atoms with Crippen molar-refractivity contribution in [3.05, 3.63) is 39.4 Å². The van der Waals surface area contributed by atoms with E-state index in [0.29, 0.717) is 12.1 Å². The number of rotatable bonds is 6. The predicted molar refractivity (Wildman–Crippen MR) is 61.8 cm³/mol. The highest BCUT2D eigenvalue weighted by Crippen LogP contribution is 2.30. The molecular formula is C11H7F2NO6. The van der Waals surface area contributed by atoms with Crippen molar-refractivity contribution in [1.29, 1.82) is 0 Å². The van der Waals surface area contributed by atoms with Crippen LogP contribution in [0.15, 0.2) is 18.2 Å². The zero-order chi connectivity index (χ0) is 15.3. The summed E-state index contributed by atoms with van der Waals surface area (Å²) in [5, 5.41) is 19.3. The minimum atomic E-state index is -3.26. The molecule has 0 amide bonds. The Morgan fingerprint density at radius 3 is 2.50 bits per heavy atom. The fourth-order valence-corrected chi connectivity index (χ4v) is 1.35. The fourth-order valence-electron chi connectivity index (χ4n) is 1.35. The lowest BCUT2D eigenvalue weighted by Crippen LogP contribution is -2.06. The van der Waals surface area contributed by atoms with Gasteiger partial charge in [-0.25, -0.2) is 4.79 Å². The topological polar surface area (TPSA) is 107 Å². The number of hydrogen-bond acceptors (Lipinski definition) is 5. The van der Waals surface area contributed by atoms with E-state index in [0.717, 1.165) is 12.1 Å². The highest BCUT2D eigenvalue weighted by Gasteiger charge is 2.19. The lowest BCUT2D eigenvalue weighted by atomic mass is 10.1. The van der Waals surface area contributed by atoms with Crippen molar-refractivity contribution in [2.45, 2.75) is 6.61 Å². The van der Waals surface area contributed by atoms with Crippen LogP contribution in [0.2, 0.25) is 0 Å². The smallest absolute Gasteiger partial charge is 0.387 e. The number of nitro benzene ring substituents is 1. The first-order valence-electron chi connectivity index (χ1n) is 4.98. The number of aliphatic carboxylic acids is 1. The Kier molecular flexibility index (Phi) is 4.84. The Bertz CT molecular complexity index is 585. The van der Waals surface area contributed by atoms with Crippen LogP contribution in [0.5, 0.6) is 5.75 Å². The Balaban J connectivity index is 3.40. The second-order valence-corrected chi connectivity index (χ2v) is 3.37. The molecule has 106 valence electrons. The molecule has 0 fully saturated rings. The van der Waals surface area contributed by atoms with Crippen molar-refractivity contribution in [2.24, 2.45) is 0 Å². The van der Waals surface area contributed by atoms with Crippen LogP contribution in [0.3, 0.4) is 0 Å². The molecule has 0 atom stereocenters. The summed E-state index contributed by atoms with van der Waals surface area (Å²) in [4.78, 5) is 31.0. The molecule has 0 radical (unpaired) electrons. The molecule has 20 heavy (non-hydrogen) atoms. The van der Waals surface area contributed by atoms with Gasteiger partial charge in [-0.15, -0.1) is 0 Å². The maximum absolute atomic E-state index is 12.1. The molecule has 0 unspecified atom stereocenters. The third-order valence-corrected chi connectivity index (χ3v) is 2.10. The average molecular weight is 287 g/mol. The summed E-state index contributed by atoms with van der Waals surface area (Å²) in [7, 11) is 0. The number of carboxylic acid groups (broad SMARTS) is 1. The number of aldehydes is 1. The maximum Gasteiger partial charge on any atom is 0.387 e. The first-order chi connectivity index (χ1) is 9.35. The number of nitrogens with zero attached hydrogens (tertiary/aromatic N) is 1. The van der Waals surface area contributed by atoms with E-state index < -0.39 is 28.9 Å². The zero-order valence-electron chi connectivity index (χ0n) is 9.66. The van der Waals surface area contributed by atoms with Gasteiger partial charge in [0.25, 0.3) is 5.69 Å². The van der Waals surface area contributed by atoms with Gasteiger partial charge in [-0.2, -0.15) is 8.78 Å². The number of benzene rings is 1. The minimum absolute atomic E-state index is 0.166. The van der Waals surface area contributed by atoms with Gasteiger partial charge in [0.1, 0.15) is 5.75 Å². The van der Waals surface area contributed by atoms with Crippen molar-refractivity contribution in [1.82, 2.24) is 0 Å². The van der Waals surface area contributed by atoms with E-state index in [9.17, 15) is 28.5 Å². The molecule has 0 spiro atoms. The Hall–Kier alpha value is -2.84. The number of halogens is 2. The Morgan fingerprint density at radius 2 is 2.05 bits per heavy atom. The highest BCUT2D eigenvalue weighted by atomic mass is 19.3. The molecule has 1 N–H and O–H groups in total. The zero-order valence-corrected chi connectivity index (χ0v) is 9.66. The van der Waals surface area contributed by atoms with E-state index >= 15 is 0 Å². The van der Waals surface area contributed by atoms with E-state index in [-0.39, 0.29) is 17.4 Å². The monoisotopic (exact) mass is 287 g/mol. The largest absolute Gasteiger partial charge is 0.478 e. The van der Waals surface area contributed by atoms with Crippen LogP contribution in [0, 0.1) is 10.1 Å². The number of hydrogen-bond donors (Lipinski definition) is 1. The van der Waals surface area contributed by atoms with Crippen LogP contribution in [0.25, 0.3) is 6.08 Å². The third-order valence-electron chi connectivity index (χ3n) is 2.10. The van der Waals surface area contributed by atoms with Crippen molar-refractivity contribution >= 4 is 24.0 Å². The van der Waals surface area contributed by atoms with Gasteiger partial charge in [0.15, 0.2) is 6.29 Å². The van der Waals surface area contributed by atoms with Crippen molar-refractivity contribution in [3.63, 3.8) is 0 Å². The molecule has 0 aromatic heterocycles. The van der Waals surface area contributed by atoms with Crippen LogP contribution in [-0.2, 0) is 4.79 Å². The molecule has 0 aliphatic carbocycles. The van der Waals surface area contributed by atoms with Gasteiger partial charge in [0.05, 0.1) is 22.1 Å². The van der Waals surface area contributed by atoms with Crippen LogP contribution < -0.4 is 4.74 Å². The van der Waals surface area contributed by atoms with Crippen LogP contribution in [0.4, 0.5) is 14.5 Å². The summed E-state index contributed by atoms with van der Waals surface area (Å²) in [6.07, 6.45) is 1.66. The second-order valence-electron chi connectivity index (χ2n) is 3.37. The van der Waals surface area contributed by atoms with E-state index in [1.165, 1.54) is 0 Å². The normalized spacial score (nSPS) is 10.8. The number of nitro groups is 1. The van der Waals surface area contributed by atoms with Crippen LogP contribution in [0.1, 0.15) is 15.9 Å². The molecule has 9 heteroatoms. The average Bonchev–Trinajstić information content (AvgIpc) is 2.35. The maximum atomic E-state index is 12.1. The Labute approximate surface area is 110 Å². The van der Waals surface area contributed by atoms with E-state index in [1.54, 1.807) is 0 Å². The SMILES string of the molecule is O=Cc1cc(/C=C/C(=O)O)c([N+](=O)[O-])cc1OC(F)F. The molecule has 1 aromatic rings. The number of ether oxygens (including phenoxy) is 1. The molecule has 1 rings (SSSR count).